The van der Waals surface area contributed by atoms with Crippen LogP contribution >= 0.6 is 15.9 Å². The van der Waals surface area contributed by atoms with E-state index in [2.05, 4.69) is 86.6 Å². The van der Waals surface area contributed by atoms with Crippen molar-refractivity contribution in [2.24, 2.45) is 5.10 Å². The maximum Gasteiger partial charge on any atom is 0.198 e. The summed E-state index contributed by atoms with van der Waals surface area (Å²) >= 11 is 3.65. The van der Waals surface area contributed by atoms with Crippen molar-refractivity contribution in [3.05, 3.63) is 94.2 Å². The van der Waals surface area contributed by atoms with Crippen molar-refractivity contribution < 1.29 is 4.74 Å². The highest BCUT2D eigenvalue weighted by Gasteiger charge is 2.52. The molecule has 1 aromatic heterocycles. The minimum atomic E-state index is -0.369. The van der Waals surface area contributed by atoms with Gasteiger partial charge in [-0.25, -0.2) is 5.01 Å². The molecule has 1 spiro atoms. The summed E-state index contributed by atoms with van der Waals surface area (Å²) in [5, 5.41) is 7.46. The van der Waals surface area contributed by atoms with Gasteiger partial charge in [-0.2, -0.15) is 5.10 Å². The van der Waals surface area contributed by atoms with Crippen molar-refractivity contribution >= 4 is 21.6 Å². The van der Waals surface area contributed by atoms with Gasteiger partial charge in [-0.05, 0) is 54.7 Å². The van der Waals surface area contributed by atoms with Gasteiger partial charge >= 0.3 is 0 Å². The first-order chi connectivity index (χ1) is 15.2. The number of aromatic nitrogens is 1. The summed E-state index contributed by atoms with van der Waals surface area (Å²) in [6.07, 6.45) is 8.75. The van der Waals surface area contributed by atoms with Gasteiger partial charge in [0.15, 0.2) is 5.72 Å². The number of fused-ring (bicyclic) bond motifs is 4. The minimum Gasteiger partial charge on any atom is -0.466 e. The Morgan fingerprint density at radius 1 is 0.968 bits per heavy atom. The molecule has 5 heteroatoms. The second-order valence-corrected chi connectivity index (χ2v) is 9.68. The number of benzene rings is 2. The predicted octanol–water partition coefficient (Wildman–Crippen LogP) is 6.44. The largest absolute Gasteiger partial charge is 0.466 e. The zero-order chi connectivity index (χ0) is 20.8. The van der Waals surface area contributed by atoms with Crippen LogP contribution in [0.15, 0.2) is 82.6 Å². The second kappa shape index (κ2) is 7.49. The number of hydrogen-bond acceptors (Lipinski definition) is 4. The van der Waals surface area contributed by atoms with Crippen molar-refractivity contribution in [2.75, 3.05) is 0 Å². The summed E-state index contributed by atoms with van der Waals surface area (Å²) in [6.45, 7) is 0. The molecule has 0 unspecified atom stereocenters. The van der Waals surface area contributed by atoms with Crippen molar-refractivity contribution in [1.82, 2.24) is 9.99 Å². The molecule has 1 atom stereocenters. The van der Waals surface area contributed by atoms with Gasteiger partial charge in [0.1, 0.15) is 5.75 Å². The Kier molecular flexibility index (Phi) is 4.60. The normalized spacial score (nSPS) is 26.7. The van der Waals surface area contributed by atoms with Crippen LogP contribution in [0.2, 0.25) is 0 Å². The SMILES string of the molecule is Brc1ccc2c(c1)[C@@H]1CC(c3ccncc3)=NN1C1(CCC(c3ccccc3)CC1)O2. The van der Waals surface area contributed by atoms with E-state index < -0.39 is 0 Å². The van der Waals surface area contributed by atoms with Crippen molar-refractivity contribution in [1.29, 1.82) is 0 Å². The first-order valence-corrected chi connectivity index (χ1v) is 11.8. The molecule has 0 N–H and O–H groups in total. The topological polar surface area (TPSA) is 37.7 Å². The zero-order valence-corrected chi connectivity index (χ0v) is 18.8. The van der Waals surface area contributed by atoms with Gasteiger partial charge in [0.05, 0.1) is 11.8 Å². The molecular formula is C26H24BrN3O. The molecule has 31 heavy (non-hydrogen) atoms. The van der Waals surface area contributed by atoms with Gasteiger partial charge in [0.25, 0.3) is 0 Å². The summed E-state index contributed by atoms with van der Waals surface area (Å²) < 4.78 is 7.86. The van der Waals surface area contributed by atoms with Gasteiger partial charge in [0.2, 0.25) is 0 Å². The summed E-state index contributed by atoms with van der Waals surface area (Å²) in [6, 6.07) is 21.6. The van der Waals surface area contributed by atoms with Gasteiger partial charge in [-0.1, -0.05) is 46.3 Å². The second-order valence-electron chi connectivity index (χ2n) is 8.76. The van der Waals surface area contributed by atoms with E-state index in [1.165, 1.54) is 11.1 Å². The van der Waals surface area contributed by atoms with E-state index in [0.29, 0.717) is 5.92 Å². The molecule has 2 aromatic carbocycles. The lowest BCUT2D eigenvalue weighted by Crippen LogP contribution is -2.55. The third kappa shape index (κ3) is 3.26. The molecule has 3 heterocycles. The number of nitrogens with zero attached hydrogens (tertiary/aromatic N) is 3. The average molecular weight is 474 g/mol. The Hall–Kier alpha value is -2.66. The molecular weight excluding hydrogens is 450 g/mol. The number of ether oxygens (including phenoxy) is 1. The molecule has 1 saturated carbocycles. The zero-order valence-electron chi connectivity index (χ0n) is 17.2. The Balaban J connectivity index is 1.36. The van der Waals surface area contributed by atoms with Crippen LogP contribution < -0.4 is 4.74 Å². The third-order valence-corrected chi connectivity index (χ3v) is 7.50. The fourth-order valence-electron chi connectivity index (χ4n) is 5.43. The number of hydrazone groups is 1. The van der Waals surface area contributed by atoms with Gasteiger partial charge in [0, 0.05) is 47.3 Å². The van der Waals surface area contributed by atoms with Crippen LogP contribution in [0.25, 0.3) is 0 Å². The van der Waals surface area contributed by atoms with E-state index in [-0.39, 0.29) is 11.8 Å². The summed E-state index contributed by atoms with van der Waals surface area (Å²) in [5.41, 5.74) is 4.56. The van der Waals surface area contributed by atoms with Gasteiger partial charge in [-0.3, -0.25) is 4.98 Å². The predicted molar refractivity (Wildman–Crippen MR) is 125 cm³/mol. The van der Waals surface area contributed by atoms with Crippen LogP contribution in [-0.4, -0.2) is 21.4 Å². The fraction of sp³-hybridized carbons (Fsp3) is 0.308. The third-order valence-electron chi connectivity index (χ3n) is 7.01. The molecule has 3 aromatic rings. The number of hydrogen-bond donors (Lipinski definition) is 0. The fourth-order valence-corrected chi connectivity index (χ4v) is 5.81. The quantitative estimate of drug-likeness (QED) is 0.429. The molecule has 3 aliphatic rings. The van der Waals surface area contributed by atoms with Crippen LogP contribution in [0.1, 0.15) is 60.8 Å². The lowest BCUT2D eigenvalue weighted by molar-refractivity contribution is -0.142. The van der Waals surface area contributed by atoms with Crippen LogP contribution in [0.5, 0.6) is 5.75 Å². The van der Waals surface area contributed by atoms with E-state index in [9.17, 15) is 0 Å². The highest BCUT2D eigenvalue weighted by molar-refractivity contribution is 9.10. The highest BCUT2D eigenvalue weighted by Crippen LogP contribution is 2.53. The molecule has 1 aliphatic carbocycles. The molecule has 0 bridgehead atoms. The van der Waals surface area contributed by atoms with Crippen molar-refractivity contribution in [3.8, 4) is 5.75 Å². The molecule has 0 radical (unpaired) electrons. The standard InChI is InChI=1S/C26H24BrN3O/c27-21-6-7-25-22(16-21)24-17-23(20-10-14-28-15-11-20)29-30(24)26(31-25)12-8-19(9-13-26)18-4-2-1-3-5-18/h1-7,10-11,14-16,19,24H,8-9,12-13,17H2/t19?,24-,26?/m0/s1. The molecule has 6 rings (SSSR count). The lowest BCUT2D eigenvalue weighted by Gasteiger charge is -2.50. The Morgan fingerprint density at radius 3 is 2.52 bits per heavy atom. The van der Waals surface area contributed by atoms with Crippen LogP contribution in [0.4, 0.5) is 0 Å². The van der Waals surface area contributed by atoms with Gasteiger partial charge < -0.3 is 4.74 Å². The average Bonchev–Trinajstić information content (AvgIpc) is 3.29. The summed E-state index contributed by atoms with van der Waals surface area (Å²) in [7, 11) is 0. The van der Waals surface area contributed by atoms with Crippen LogP contribution in [0, 0.1) is 0 Å². The monoisotopic (exact) mass is 473 g/mol. The molecule has 156 valence electrons. The van der Waals surface area contributed by atoms with Crippen LogP contribution in [-0.2, 0) is 0 Å². The summed E-state index contributed by atoms with van der Waals surface area (Å²) in [4.78, 5) is 4.18. The van der Waals surface area contributed by atoms with Crippen molar-refractivity contribution in [3.63, 3.8) is 0 Å². The van der Waals surface area contributed by atoms with Crippen molar-refractivity contribution in [2.45, 2.75) is 49.8 Å². The Labute approximate surface area is 191 Å². The molecule has 4 nitrogen and oxygen atoms in total. The molecule has 1 fully saturated rings. The Morgan fingerprint density at radius 2 is 1.74 bits per heavy atom. The molecule has 2 aliphatic heterocycles. The van der Waals surface area contributed by atoms with E-state index >= 15 is 0 Å². The maximum atomic E-state index is 6.78. The van der Waals surface area contributed by atoms with Gasteiger partial charge in [-0.15, -0.1) is 0 Å². The van der Waals surface area contributed by atoms with E-state index in [4.69, 9.17) is 9.84 Å². The van der Waals surface area contributed by atoms with E-state index in [0.717, 1.165) is 53.6 Å². The molecule has 0 amide bonds. The smallest absolute Gasteiger partial charge is 0.198 e. The van der Waals surface area contributed by atoms with Crippen LogP contribution in [0.3, 0.4) is 0 Å². The summed E-state index contributed by atoms with van der Waals surface area (Å²) in [5.74, 6) is 1.60. The first kappa shape index (κ1) is 19.1. The lowest BCUT2D eigenvalue weighted by atomic mass is 9.78. The number of halogens is 1. The Bertz CT molecular complexity index is 1120. The first-order valence-electron chi connectivity index (χ1n) is 11.0. The minimum absolute atomic E-state index is 0.206. The number of rotatable bonds is 2. The highest BCUT2D eigenvalue weighted by atomic mass is 79.9. The van der Waals surface area contributed by atoms with E-state index in [1.54, 1.807) is 0 Å². The molecule has 0 saturated heterocycles. The maximum absolute atomic E-state index is 6.78. The number of pyridine rings is 1. The van der Waals surface area contributed by atoms with E-state index in [1.807, 2.05) is 12.4 Å².